The van der Waals surface area contributed by atoms with Gasteiger partial charge in [-0.2, -0.15) is 13.2 Å². The van der Waals surface area contributed by atoms with Crippen LogP contribution in [0.25, 0.3) is 0 Å². The first kappa shape index (κ1) is 17.1. The van der Waals surface area contributed by atoms with Gasteiger partial charge in [0, 0.05) is 19.6 Å². The lowest BCUT2D eigenvalue weighted by Crippen LogP contribution is -2.31. The Morgan fingerprint density at radius 3 is 2.45 bits per heavy atom. The third-order valence-corrected chi connectivity index (χ3v) is 4.65. The predicted molar refractivity (Wildman–Crippen MR) is 70.1 cm³/mol. The Bertz CT molecular complexity index is 530. The molecule has 0 aliphatic heterocycles. The molecule has 1 aromatic rings. The number of nitrogens with zero attached hydrogens (tertiary/aromatic N) is 3. The van der Waals surface area contributed by atoms with E-state index in [1.165, 1.54) is 4.31 Å². The molecule has 0 saturated carbocycles. The van der Waals surface area contributed by atoms with Gasteiger partial charge in [-0.05, 0) is 6.42 Å². The first-order valence-electron chi connectivity index (χ1n) is 5.74. The highest BCUT2D eigenvalue weighted by molar-refractivity contribution is 7.88. The largest absolute Gasteiger partial charge is 0.445 e. The topological polar surface area (TPSA) is 75.2 Å². The van der Waals surface area contributed by atoms with Crippen LogP contribution in [0.4, 0.5) is 18.3 Å². The van der Waals surface area contributed by atoms with Crippen LogP contribution in [0, 0.1) is 0 Å². The molecule has 0 bridgehead atoms. The Morgan fingerprint density at radius 2 is 2.00 bits per heavy atom. The Balaban J connectivity index is 2.40. The number of rotatable bonds is 7. The molecule has 0 saturated heterocycles. The summed E-state index contributed by atoms with van der Waals surface area (Å²) >= 11 is 0.420. The molecule has 0 amide bonds. The van der Waals surface area contributed by atoms with Crippen LogP contribution in [0.5, 0.6) is 0 Å². The zero-order valence-electron chi connectivity index (χ0n) is 10.9. The van der Waals surface area contributed by atoms with Crippen molar-refractivity contribution >= 4 is 26.5 Å². The van der Waals surface area contributed by atoms with Gasteiger partial charge in [0.05, 0.1) is 6.26 Å². The summed E-state index contributed by atoms with van der Waals surface area (Å²) < 4.78 is 60.7. The Labute approximate surface area is 119 Å². The highest BCUT2D eigenvalue weighted by Crippen LogP contribution is 2.32. The molecule has 1 rings (SSSR count). The van der Waals surface area contributed by atoms with Crippen LogP contribution in [0.2, 0.25) is 0 Å². The maximum Gasteiger partial charge on any atom is 0.445 e. The molecule has 116 valence electrons. The van der Waals surface area contributed by atoms with E-state index >= 15 is 0 Å². The van der Waals surface area contributed by atoms with Crippen molar-refractivity contribution in [1.29, 1.82) is 0 Å². The summed E-state index contributed by atoms with van der Waals surface area (Å²) in [5.74, 6) is 0. The molecule has 1 N–H and O–H groups in total. The molecule has 11 heteroatoms. The summed E-state index contributed by atoms with van der Waals surface area (Å²) in [6.07, 6.45) is -2.92. The van der Waals surface area contributed by atoms with Gasteiger partial charge in [0.25, 0.3) is 0 Å². The van der Waals surface area contributed by atoms with Crippen molar-refractivity contribution in [2.75, 3.05) is 31.2 Å². The lowest BCUT2D eigenvalue weighted by molar-refractivity contribution is -0.138. The Kier molecular flexibility index (Phi) is 5.71. The van der Waals surface area contributed by atoms with Gasteiger partial charge in [-0.3, -0.25) is 0 Å². The second-order valence-electron chi connectivity index (χ2n) is 3.95. The Hall–Kier alpha value is -0.940. The minimum atomic E-state index is -4.49. The van der Waals surface area contributed by atoms with Crippen molar-refractivity contribution in [2.24, 2.45) is 0 Å². The molecule has 0 aliphatic rings. The number of sulfonamides is 1. The summed E-state index contributed by atoms with van der Waals surface area (Å²) in [6, 6.07) is 0. The second kappa shape index (κ2) is 6.68. The molecule has 0 aromatic carbocycles. The van der Waals surface area contributed by atoms with E-state index in [0.717, 1.165) is 6.26 Å². The molecule has 1 aromatic heterocycles. The van der Waals surface area contributed by atoms with Crippen molar-refractivity contribution in [2.45, 2.75) is 19.5 Å². The van der Waals surface area contributed by atoms with Crippen molar-refractivity contribution in [1.82, 2.24) is 14.5 Å². The number of anilines is 1. The smallest absolute Gasteiger partial charge is 0.360 e. The highest BCUT2D eigenvalue weighted by Gasteiger charge is 2.35. The number of aromatic nitrogens is 2. The molecular weight excluding hydrogens is 317 g/mol. The summed E-state index contributed by atoms with van der Waals surface area (Å²) in [5.41, 5.74) is 0. The van der Waals surface area contributed by atoms with E-state index in [1.54, 1.807) is 6.92 Å². The van der Waals surface area contributed by atoms with Gasteiger partial charge >= 0.3 is 6.18 Å². The minimum absolute atomic E-state index is 0.0692. The molecule has 20 heavy (non-hydrogen) atoms. The Morgan fingerprint density at radius 1 is 1.35 bits per heavy atom. The molecule has 0 atom stereocenters. The third-order valence-electron chi connectivity index (χ3n) is 2.35. The van der Waals surface area contributed by atoms with Crippen LogP contribution >= 0.6 is 11.3 Å². The van der Waals surface area contributed by atoms with Gasteiger partial charge in [0.2, 0.25) is 20.2 Å². The molecule has 0 unspecified atom stereocenters. The van der Waals surface area contributed by atoms with E-state index in [-0.39, 0.29) is 5.13 Å². The van der Waals surface area contributed by atoms with Gasteiger partial charge in [-0.15, -0.1) is 10.2 Å². The van der Waals surface area contributed by atoms with E-state index in [1.807, 2.05) is 0 Å². The van der Waals surface area contributed by atoms with Crippen LogP contribution in [-0.2, 0) is 16.2 Å². The number of nitrogens with one attached hydrogen (secondary N) is 1. The second-order valence-corrected chi connectivity index (χ2v) is 6.91. The lowest BCUT2D eigenvalue weighted by atomic mass is 10.4. The van der Waals surface area contributed by atoms with Gasteiger partial charge < -0.3 is 5.32 Å². The van der Waals surface area contributed by atoms with Crippen molar-refractivity contribution in [3.8, 4) is 0 Å². The lowest BCUT2D eigenvalue weighted by Gasteiger charge is -2.17. The summed E-state index contributed by atoms with van der Waals surface area (Å²) in [7, 11) is -3.24. The van der Waals surface area contributed by atoms with E-state index in [0.29, 0.717) is 37.4 Å². The summed E-state index contributed by atoms with van der Waals surface area (Å²) in [4.78, 5) is 0. The average molecular weight is 332 g/mol. The maximum absolute atomic E-state index is 12.3. The molecule has 0 radical (unpaired) electrons. The molecule has 0 fully saturated rings. The monoisotopic (exact) mass is 332 g/mol. The molecular formula is C9H15F3N4O2S2. The fraction of sp³-hybridized carbons (Fsp3) is 0.778. The van der Waals surface area contributed by atoms with Crippen molar-refractivity contribution in [3.05, 3.63) is 5.01 Å². The number of hydrogen-bond donors (Lipinski definition) is 1. The quantitative estimate of drug-likeness (QED) is 0.768. The highest BCUT2D eigenvalue weighted by atomic mass is 32.2. The zero-order valence-corrected chi connectivity index (χ0v) is 12.6. The molecule has 1 heterocycles. The number of halogens is 3. The number of alkyl halides is 3. The van der Waals surface area contributed by atoms with Gasteiger partial charge in [-0.1, -0.05) is 18.3 Å². The molecule has 6 nitrogen and oxygen atoms in total. The molecule has 0 spiro atoms. The van der Waals surface area contributed by atoms with E-state index in [9.17, 15) is 21.6 Å². The average Bonchev–Trinajstić information content (AvgIpc) is 2.75. The number of hydrogen-bond acceptors (Lipinski definition) is 6. The zero-order chi connectivity index (χ0) is 15.4. The van der Waals surface area contributed by atoms with Crippen molar-refractivity contribution in [3.63, 3.8) is 0 Å². The SMILES string of the molecule is CCN(CCCNc1nnc(C(F)(F)F)s1)S(C)(=O)=O. The fourth-order valence-electron chi connectivity index (χ4n) is 1.42. The third kappa shape index (κ3) is 5.21. The maximum atomic E-state index is 12.3. The van der Waals surface area contributed by atoms with Crippen LogP contribution in [0.15, 0.2) is 0 Å². The fourth-order valence-corrected chi connectivity index (χ4v) is 2.98. The normalized spacial score (nSPS) is 12.9. The summed E-state index contributed by atoms with van der Waals surface area (Å²) in [5, 5.41) is 8.16. The van der Waals surface area contributed by atoms with E-state index in [4.69, 9.17) is 0 Å². The minimum Gasteiger partial charge on any atom is -0.360 e. The van der Waals surface area contributed by atoms with Gasteiger partial charge in [-0.25, -0.2) is 12.7 Å². The van der Waals surface area contributed by atoms with Crippen LogP contribution in [-0.4, -0.2) is 48.8 Å². The predicted octanol–water partition coefficient (Wildman–Crippen LogP) is 1.64. The summed E-state index contributed by atoms with van der Waals surface area (Å²) in [6.45, 7) is 2.69. The first-order valence-corrected chi connectivity index (χ1v) is 8.40. The van der Waals surface area contributed by atoms with E-state index < -0.39 is 21.2 Å². The van der Waals surface area contributed by atoms with Crippen molar-refractivity contribution < 1.29 is 21.6 Å². The standard InChI is InChI=1S/C9H15F3N4O2S2/c1-3-16(20(2,17)18)6-4-5-13-8-15-14-7(19-8)9(10,11)12/h3-6H2,1-2H3,(H,13,15). The molecule has 0 aliphatic carbocycles. The van der Waals surface area contributed by atoms with Gasteiger partial charge in [0.15, 0.2) is 0 Å². The van der Waals surface area contributed by atoms with Crippen LogP contribution < -0.4 is 5.32 Å². The van der Waals surface area contributed by atoms with Crippen LogP contribution in [0.1, 0.15) is 18.4 Å². The van der Waals surface area contributed by atoms with Crippen LogP contribution in [0.3, 0.4) is 0 Å². The van der Waals surface area contributed by atoms with Gasteiger partial charge in [0.1, 0.15) is 0 Å². The van der Waals surface area contributed by atoms with E-state index in [2.05, 4.69) is 15.5 Å². The first-order chi connectivity index (χ1) is 9.14.